The van der Waals surface area contributed by atoms with E-state index >= 15 is 0 Å². The Morgan fingerprint density at radius 3 is 2.60 bits per heavy atom. The second-order valence-electron chi connectivity index (χ2n) is 4.91. The summed E-state index contributed by atoms with van der Waals surface area (Å²) in [5, 5.41) is 13.7. The molecular weight excluding hydrogens is 282 g/mol. The van der Waals surface area contributed by atoms with Crippen LogP contribution in [0.25, 0.3) is 0 Å². The highest BCUT2D eigenvalue weighted by atomic mass is 32.2. The molecule has 0 spiro atoms. The number of nitro groups is 1. The third kappa shape index (κ3) is 3.07. The van der Waals surface area contributed by atoms with Gasteiger partial charge in [0.15, 0.2) is 0 Å². The van der Waals surface area contributed by atoms with Crippen molar-refractivity contribution in [1.29, 1.82) is 0 Å². The fourth-order valence-electron chi connectivity index (χ4n) is 1.93. The van der Waals surface area contributed by atoms with Crippen molar-refractivity contribution >= 4 is 21.4 Å². The molecule has 110 valence electrons. The second kappa shape index (κ2) is 5.37. The monoisotopic (exact) mass is 299 g/mol. The van der Waals surface area contributed by atoms with Crippen LogP contribution in [0.5, 0.6) is 0 Å². The maximum absolute atomic E-state index is 12.3. The van der Waals surface area contributed by atoms with Crippen LogP contribution in [-0.4, -0.2) is 25.9 Å². The van der Waals surface area contributed by atoms with E-state index in [4.69, 9.17) is 0 Å². The lowest BCUT2D eigenvalue weighted by Crippen LogP contribution is -2.27. The highest BCUT2D eigenvalue weighted by Crippen LogP contribution is 2.33. The quantitative estimate of drug-likeness (QED) is 0.615. The van der Waals surface area contributed by atoms with E-state index in [-0.39, 0.29) is 16.6 Å². The van der Waals surface area contributed by atoms with Crippen molar-refractivity contribution in [3.63, 3.8) is 0 Å². The number of nitro benzene ring substituents is 1. The molecule has 0 radical (unpaired) electrons. The topological polar surface area (TPSA) is 101 Å². The first kappa shape index (κ1) is 14.7. The molecule has 2 rings (SSSR count). The summed E-state index contributed by atoms with van der Waals surface area (Å²) in [6.07, 6.45) is 0.796. The summed E-state index contributed by atoms with van der Waals surface area (Å²) in [5.74, 6) is 0.311. The van der Waals surface area contributed by atoms with E-state index in [1.807, 2.05) is 13.8 Å². The van der Waals surface area contributed by atoms with Crippen LogP contribution < -0.4 is 10.0 Å². The Balaban J connectivity index is 2.40. The van der Waals surface area contributed by atoms with Crippen molar-refractivity contribution in [3.05, 3.63) is 28.3 Å². The Bertz CT molecular complexity index is 630. The van der Waals surface area contributed by atoms with Gasteiger partial charge in [-0.3, -0.25) is 10.1 Å². The molecule has 1 aliphatic carbocycles. The minimum atomic E-state index is -3.76. The van der Waals surface area contributed by atoms with E-state index in [0.29, 0.717) is 18.2 Å². The van der Waals surface area contributed by atoms with Gasteiger partial charge < -0.3 is 5.32 Å². The molecule has 2 unspecified atom stereocenters. The molecule has 0 heterocycles. The van der Waals surface area contributed by atoms with Gasteiger partial charge in [-0.25, -0.2) is 13.1 Å². The van der Waals surface area contributed by atoms with Crippen molar-refractivity contribution in [1.82, 2.24) is 4.72 Å². The van der Waals surface area contributed by atoms with Crippen molar-refractivity contribution in [3.8, 4) is 0 Å². The van der Waals surface area contributed by atoms with E-state index in [1.54, 1.807) is 0 Å². The van der Waals surface area contributed by atoms with Crippen LogP contribution in [0.15, 0.2) is 23.1 Å². The molecule has 7 nitrogen and oxygen atoms in total. The lowest BCUT2D eigenvalue weighted by atomic mass is 10.3. The smallest absolute Gasteiger partial charge is 0.270 e. The number of nitrogens with zero attached hydrogens (tertiary/aromatic N) is 1. The van der Waals surface area contributed by atoms with E-state index in [0.717, 1.165) is 12.5 Å². The van der Waals surface area contributed by atoms with E-state index < -0.39 is 14.9 Å². The van der Waals surface area contributed by atoms with Gasteiger partial charge in [0, 0.05) is 24.7 Å². The molecule has 1 fully saturated rings. The summed E-state index contributed by atoms with van der Waals surface area (Å²) in [7, 11) is -3.76. The Hall–Kier alpha value is -1.67. The SMILES string of the molecule is CCNc1ccc([N+](=O)[O-])cc1S(=O)(=O)NC1CC1C. The van der Waals surface area contributed by atoms with E-state index in [1.165, 1.54) is 12.1 Å². The average molecular weight is 299 g/mol. The molecule has 0 aromatic heterocycles. The number of sulfonamides is 1. The maximum Gasteiger partial charge on any atom is 0.270 e. The van der Waals surface area contributed by atoms with Crippen LogP contribution in [0.1, 0.15) is 20.3 Å². The van der Waals surface area contributed by atoms with Crippen LogP contribution in [0.3, 0.4) is 0 Å². The highest BCUT2D eigenvalue weighted by molar-refractivity contribution is 7.89. The summed E-state index contributed by atoms with van der Waals surface area (Å²) >= 11 is 0. The van der Waals surface area contributed by atoms with Gasteiger partial charge in [-0.05, 0) is 25.3 Å². The molecular formula is C12H17N3O4S. The summed E-state index contributed by atoms with van der Waals surface area (Å²) in [5.41, 5.74) is 0.134. The number of non-ortho nitro benzene ring substituents is 1. The summed E-state index contributed by atoms with van der Waals surface area (Å²) in [4.78, 5) is 10.1. The molecule has 2 atom stereocenters. The largest absolute Gasteiger partial charge is 0.384 e. The third-order valence-corrected chi connectivity index (χ3v) is 4.78. The molecule has 0 bridgehead atoms. The summed E-state index contributed by atoms with van der Waals surface area (Å²) in [6.45, 7) is 4.31. The van der Waals surface area contributed by atoms with Gasteiger partial charge in [-0.2, -0.15) is 0 Å². The fraction of sp³-hybridized carbons (Fsp3) is 0.500. The Morgan fingerprint density at radius 1 is 1.45 bits per heavy atom. The molecule has 1 aromatic rings. The van der Waals surface area contributed by atoms with Gasteiger partial charge in [0.1, 0.15) is 4.90 Å². The number of rotatable bonds is 6. The van der Waals surface area contributed by atoms with Crippen molar-refractivity contribution in [2.45, 2.75) is 31.2 Å². The van der Waals surface area contributed by atoms with Gasteiger partial charge >= 0.3 is 0 Å². The maximum atomic E-state index is 12.3. The highest BCUT2D eigenvalue weighted by Gasteiger charge is 2.37. The molecule has 1 aliphatic rings. The first-order chi connectivity index (χ1) is 9.35. The van der Waals surface area contributed by atoms with Gasteiger partial charge in [0.2, 0.25) is 10.0 Å². The predicted octanol–water partition coefficient (Wildman–Crippen LogP) is 1.71. The molecule has 0 amide bonds. The number of hydrogen-bond acceptors (Lipinski definition) is 5. The molecule has 0 saturated heterocycles. The van der Waals surface area contributed by atoms with Crippen LogP contribution in [0, 0.1) is 16.0 Å². The Morgan fingerprint density at radius 2 is 2.10 bits per heavy atom. The van der Waals surface area contributed by atoms with Crippen LogP contribution in [0.4, 0.5) is 11.4 Å². The molecule has 20 heavy (non-hydrogen) atoms. The molecule has 2 N–H and O–H groups in total. The Labute approximate surface area is 117 Å². The van der Waals surface area contributed by atoms with Gasteiger partial charge in [0.05, 0.1) is 10.6 Å². The van der Waals surface area contributed by atoms with E-state index in [2.05, 4.69) is 10.0 Å². The lowest BCUT2D eigenvalue weighted by Gasteiger charge is -2.12. The fourth-order valence-corrected chi connectivity index (χ4v) is 3.49. The molecule has 1 aromatic carbocycles. The molecule has 0 aliphatic heterocycles. The van der Waals surface area contributed by atoms with Crippen LogP contribution >= 0.6 is 0 Å². The first-order valence-electron chi connectivity index (χ1n) is 6.39. The Kier molecular flexibility index (Phi) is 3.96. The zero-order chi connectivity index (χ0) is 14.9. The zero-order valence-corrected chi connectivity index (χ0v) is 12.1. The average Bonchev–Trinajstić information content (AvgIpc) is 3.04. The van der Waals surface area contributed by atoms with Crippen LogP contribution in [-0.2, 0) is 10.0 Å². The van der Waals surface area contributed by atoms with Crippen molar-refractivity contribution in [2.24, 2.45) is 5.92 Å². The number of nitrogens with one attached hydrogen (secondary N) is 2. The second-order valence-corrected chi connectivity index (χ2v) is 6.59. The summed E-state index contributed by atoms with van der Waals surface area (Å²) in [6, 6.07) is 3.73. The van der Waals surface area contributed by atoms with Gasteiger partial charge in [0.25, 0.3) is 5.69 Å². The van der Waals surface area contributed by atoms with Gasteiger partial charge in [-0.1, -0.05) is 6.92 Å². The van der Waals surface area contributed by atoms with Crippen LogP contribution in [0.2, 0.25) is 0 Å². The lowest BCUT2D eigenvalue weighted by molar-refractivity contribution is -0.385. The first-order valence-corrected chi connectivity index (χ1v) is 7.88. The predicted molar refractivity (Wildman–Crippen MR) is 75.2 cm³/mol. The number of hydrogen-bond donors (Lipinski definition) is 2. The number of benzene rings is 1. The van der Waals surface area contributed by atoms with Gasteiger partial charge in [-0.15, -0.1) is 0 Å². The minimum absolute atomic E-state index is 0.0752. The molecule has 1 saturated carbocycles. The van der Waals surface area contributed by atoms with Crippen molar-refractivity contribution < 1.29 is 13.3 Å². The zero-order valence-electron chi connectivity index (χ0n) is 11.3. The summed E-state index contributed by atoms with van der Waals surface area (Å²) < 4.78 is 27.2. The number of anilines is 1. The normalized spacial score (nSPS) is 21.5. The molecule has 8 heteroatoms. The minimum Gasteiger partial charge on any atom is -0.384 e. The van der Waals surface area contributed by atoms with Crippen molar-refractivity contribution in [2.75, 3.05) is 11.9 Å². The third-order valence-electron chi connectivity index (χ3n) is 3.25. The van der Waals surface area contributed by atoms with E-state index in [9.17, 15) is 18.5 Å². The standard InChI is InChI=1S/C12H17N3O4S/c1-3-13-10-5-4-9(15(16)17)7-12(10)20(18,19)14-11-6-8(11)2/h4-5,7-8,11,13-14H,3,6H2,1-2H3.